The number of fused-ring (bicyclic) bond motifs is 1. The molecule has 0 radical (unpaired) electrons. The number of aromatic nitrogens is 2. The SMILES string of the molecule is COCCNC(=O)c1nn(-c2ccccc2)c2c1CCCCC2. The predicted octanol–water partition coefficient (Wildman–Crippen LogP) is 2.52. The average Bonchev–Trinajstić information content (AvgIpc) is 2.77. The van der Waals surface area contributed by atoms with Crippen molar-refractivity contribution >= 4 is 5.91 Å². The first kappa shape index (κ1) is 15.7. The first-order valence-corrected chi connectivity index (χ1v) is 8.24. The molecule has 122 valence electrons. The lowest BCUT2D eigenvalue weighted by Gasteiger charge is -2.06. The van der Waals surface area contributed by atoms with Crippen molar-refractivity contribution in [3.63, 3.8) is 0 Å². The highest BCUT2D eigenvalue weighted by molar-refractivity contribution is 5.94. The van der Waals surface area contributed by atoms with E-state index in [1.165, 1.54) is 12.1 Å². The first-order chi connectivity index (χ1) is 11.3. The second-order valence-corrected chi connectivity index (χ2v) is 5.83. The van der Waals surface area contributed by atoms with Gasteiger partial charge < -0.3 is 10.1 Å². The van der Waals surface area contributed by atoms with Gasteiger partial charge in [0.15, 0.2) is 5.69 Å². The fraction of sp³-hybridized carbons (Fsp3) is 0.444. The highest BCUT2D eigenvalue weighted by atomic mass is 16.5. The molecule has 1 heterocycles. The van der Waals surface area contributed by atoms with E-state index in [1.54, 1.807) is 7.11 Å². The quantitative estimate of drug-likeness (QED) is 0.681. The van der Waals surface area contributed by atoms with Gasteiger partial charge in [-0.2, -0.15) is 5.10 Å². The lowest BCUT2D eigenvalue weighted by atomic mass is 10.1. The molecule has 1 aliphatic rings. The lowest BCUT2D eigenvalue weighted by molar-refractivity contribution is 0.0930. The van der Waals surface area contributed by atoms with E-state index in [1.807, 2.05) is 35.0 Å². The molecule has 1 aromatic heterocycles. The zero-order valence-electron chi connectivity index (χ0n) is 13.5. The van der Waals surface area contributed by atoms with E-state index in [9.17, 15) is 4.79 Å². The molecule has 3 rings (SSSR count). The van der Waals surface area contributed by atoms with E-state index >= 15 is 0 Å². The third kappa shape index (κ3) is 3.45. The van der Waals surface area contributed by atoms with E-state index < -0.39 is 0 Å². The Morgan fingerprint density at radius 3 is 2.78 bits per heavy atom. The van der Waals surface area contributed by atoms with Gasteiger partial charge in [-0.25, -0.2) is 4.68 Å². The summed E-state index contributed by atoms with van der Waals surface area (Å²) in [5, 5.41) is 7.54. The molecule has 1 aliphatic carbocycles. The summed E-state index contributed by atoms with van der Waals surface area (Å²) < 4.78 is 6.95. The first-order valence-electron chi connectivity index (χ1n) is 8.24. The molecule has 5 heteroatoms. The Kier molecular flexibility index (Phi) is 5.08. The van der Waals surface area contributed by atoms with E-state index in [0.29, 0.717) is 18.8 Å². The van der Waals surface area contributed by atoms with E-state index in [2.05, 4.69) is 10.4 Å². The minimum atomic E-state index is -0.102. The van der Waals surface area contributed by atoms with Gasteiger partial charge in [-0.05, 0) is 37.8 Å². The molecule has 5 nitrogen and oxygen atoms in total. The summed E-state index contributed by atoms with van der Waals surface area (Å²) in [6.45, 7) is 1.01. The third-order valence-electron chi connectivity index (χ3n) is 4.24. The van der Waals surface area contributed by atoms with Crippen LogP contribution in [0.3, 0.4) is 0 Å². The number of amides is 1. The number of para-hydroxylation sites is 1. The molecule has 0 saturated carbocycles. The highest BCUT2D eigenvalue weighted by Crippen LogP contribution is 2.26. The fourth-order valence-electron chi connectivity index (χ4n) is 3.09. The van der Waals surface area contributed by atoms with Gasteiger partial charge in [0, 0.05) is 24.9 Å². The Balaban J connectivity index is 1.96. The molecule has 23 heavy (non-hydrogen) atoms. The molecule has 2 aromatic rings. The Morgan fingerprint density at radius 2 is 2.00 bits per heavy atom. The number of hydrogen-bond donors (Lipinski definition) is 1. The van der Waals surface area contributed by atoms with Crippen molar-refractivity contribution in [2.45, 2.75) is 32.1 Å². The molecular formula is C18H23N3O2. The molecule has 0 unspecified atom stereocenters. The van der Waals surface area contributed by atoms with Crippen LogP contribution in [-0.2, 0) is 17.6 Å². The summed E-state index contributed by atoms with van der Waals surface area (Å²) in [7, 11) is 1.63. The van der Waals surface area contributed by atoms with Gasteiger partial charge in [0.1, 0.15) is 0 Å². The van der Waals surface area contributed by atoms with Crippen molar-refractivity contribution in [1.29, 1.82) is 0 Å². The van der Waals surface area contributed by atoms with Crippen molar-refractivity contribution in [3.8, 4) is 5.69 Å². The Hall–Kier alpha value is -2.14. The van der Waals surface area contributed by atoms with Crippen molar-refractivity contribution in [2.75, 3.05) is 20.3 Å². The van der Waals surface area contributed by atoms with Gasteiger partial charge in [-0.15, -0.1) is 0 Å². The number of carbonyl (C=O) groups excluding carboxylic acids is 1. The van der Waals surface area contributed by atoms with Gasteiger partial charge in [0.2, 0.25) is 0 Å². The third-order valence-corrected chi connectivity index (χ3v) is 4.24. The minimum absolute atomic E-state index is 0.102. The van der Waals surface area contributed by atoms with E-state index in [0.717, 1.165) is 36.9 Å². The summed E-state index contributed by atoms with van der Waals surface area (Å²) in [6, 6.07) is 10.1. The number of rotatable bonds is 5. The van der Waals surface area contributed by atoms with Crippen molar-refractivity contribution < 1.29 is 9.53 Å². The van der Waals surface area contributed by atoms with Crippen LogP contribution in [-0.4, -0.2) is 35.9 Å². The number of carbonyl (C=O) groups is 1. The monoisotopic (exact) mass is 313 g/mol. The van der Waals surface area contributed by atoms with E-state index in [-0.39, 0.29) is 5.91 Å². The maximum Gasteiger partial charge on any atom is 0.272 e. The molecule has 0 atom stereocenters. The lowest BCUT2D eigenvalue weighted by Crippen LogP contribution is -2.28. The van der Waals surface area contributed by atoms with Crippen LogP contribution in [0, 0.1) is 0 Å². The number of nitrogens with one attached hydrogen (secondary N) is 1. The van der Waals surface area contributed by atoms with Crippen molar-refractivity contribution in [1.82, 2.24) is 15.1 Å². The molecular weight excluding hydrogens is 290 g/mol. The molecule has 1 N–H and O–H groups in total. The Bertz CT molecular complexity index is 664. The molecule has 1 aromatic carbocycles. The van der Waals surface area contributed by atoms with E-state index in [4.69, 9.17) is 4.74 Å². The summed E-state index contributed by atoms with van der Waals surface area (Å²) >= 11 is 0. The van der Waals surface area contributed by atoms with Crippen LogP contribution in [0.1, 0.15) is 41.0 Å². The minimum Gasteiger partial charge on any atom is -0.383 e. The molecule has 0 saturated heterocycles. The van der Waals surface area contributed by atoms with Gasteiger partial charge >= 0.3 is 0 Å². The molecule has 0 aliphatic heterocycles. The maximum absolute atomic E-state index is 12.5. The fourth-order valence-corrected chi connectivity index (χ4v) is 3.09. The van der Waals surface area contributed by atoms with Gasteiger partial charge in [0.05, 0.1) is 12.3 Å². The van der Waals surface area contributed by atoms with Crippen LogP contribution in [0.25, 0.3) is 5.69 Å². The number of methoxy groups -OCH3 is 1. The summed E-state index contributed by atoms with van der Waals surface area (Å²) in [5.41, 5.74) is 3.88. The molecule has 1 amide bonds. The standard InChI is InChI=1S/C18H23N3O2/c1-23-13-12-19-18(22)17-15-10-6-3-7-11-16(15)21(20-17)14-8-4-2-5-9-14/h2,4-5,8-9H,3,6-7,10-13H2,1H3,(H,19,22). The largest absolute Gasteiger partial charge is 0.383 e. The highest BCUT2D eigenvalue weighted by Gasteiger charge is 2.24. The molecule has 0 bridgehead atoms. The second-order valence-electron chi connectivity index (χ2n) is 5.83. The van der Waals surface area contributed by atoms with Gasteiger partial charge in [-0.3, -0.25) is 4.79 Å². The zero-order chi connectivity index (χ0) is 16.1. The Labute approximate surface area is 136 Å². The number of hydrogen-bond acceptors (Lipinski definition) is 3. The smallest absolute Gasteiger partial charge is 0.272 e. The van der Waals surface area contributed by atoms with Crippen LogP contribution in [0.5, 0.6) is 0 Å². The normalized spacial score (nSPS) is 14.1. The maximum atomic E-state index is 12.5. The summed E-state index contributed by atoms with van der Waals surface area (Å²) in [4.78, 5) is 12.5. The van der Waals surface area contributed by atoms with Crippen molar-refractivity contribution in [2.24, 2.45) is 0 Å². The Morgan fingerprint density at radius 1 is 1.22 bits per heavy atom. The molecule has 0 spiro atoms. The van der Waals surface area contributed by atoms with Crippen LogP contribution >= 0.6 is 0 Å². The molecule has 0 fully saturated rings. The van der Waals surface area contributed by atoms with Crippen LogP contribution in [0.15, 0.2) is 30.3 Å². The van der Waals surface area contributed by atoms with Crippen LogP contribution in [0.2, 0.25) is 0 Å². The van der Waals surface area contributed by atoms with Gasteiger partial charge in [-0.1, -0.05) is 24.6 Å². The average molecular weight is 313 g/mol. The second kappa shape index (κ2) is 7.42. The number of benzene rings is 1. The predicted molar refractivity (Wildman–Crippen MR) is 89.0 cm³/mol. The summed E-state index contributed by atoms with van der Waals surface area (Å²) in [5.74, 6) is -0.102. The van der Waals surface area contributed by atoms with Crippen LogP contribution in [0.4, 0.5) is 0 Å². The van der Waals surface area contributed by atoms with Crippen molar-refractivity contribution in [3.05, 3.63) is 47.3 Å². The topological polar surface area (TPSA) is 56.1 Å². The van der Waals surface area contributed by atoms with Crippen LogP contribution < -0.4 is 5.32 Å². The van der Waals surface area contributed by atoms with Gasteiger partial charge in [0.25, 0.3) is 5.91 Å². The number of ether oxygens (including phenoxy) is 1. The zero-order valence-corrected chi connectivity index (χ0v) is 13.5. The summed E-state index contributed by atoms with van der Waals surface area (Å²) in [6.07, 6.45) is 5.37. The number of nitrogens with zero attached hydrogens (tertiary/aromatic N) is 2.